The van der Waals surface area contributed by atoms with Gasteiger partial charge in [0.25, 0.3) is 0 Å². The maximum absolute atomic E-state index is 12.8. The fourth-order valence-electron chi connectivity index (χ4n) is 4.12. The lowest BCUT2D eigenvalue weighted by Gasteiger charge is -2.22. The molecule has 0 bridgehead atoms. The molecule has 158 valence electrons. The summed E-state index contributed by atoms with van der Waals surface area (Å²) in [6, 6.07) is 10.7. The Bertz CT molecular complexity index is 1140. The Labute approximate surface area is 180 Å². The van der Waals surface area contributed by atoms with Crippen molar-refractivity contribution in [2.45, 2.75) is 39.8 Å². The first-order chi connectivity index (χ1) is 14.5. The predicted octanol–water partition coefficient (Wildman–Crippen LogP) is 4.74. The van der Waals surface area contributed by atoms with Gasteiger partial charge < -0.3 is 15.5 Å². The molecule has 7 nitrogen and oxygen atoms in total. The zero-order chi connectivity index (χ0) is 21.3. The fourth-order valence-corrected chi connectivity index (χ4v) is 4.30. The smallest absolute Gasteiger partial charge is 0.329 e. The zero-order valence-electron chi connectivity index (χ0n) is 17.2. The van der Waals surface area contributed by atoms with E-state index >= 15 is 0 Å². The summed E-state index contributed by atoms with van der Waals surface area (Å²) in [4.78, 5) is 27.8. The molecule has 2 N–H and O–H groups in total. The number of halogens is 1. The van der Waals surface area contributed by atoms with Crippen LogP contribution in [-0.4, -0.2) is 28.3 Å². The molecular weight excluding hydrogens is 402 g/mol. The number of imidazole rings is 1. The highest BCUT2D eigenvalue weighted by Gasteiger charge is 2.21. The number of carbonyl (C=O) groups excluding carboxylic acids is 1. The first kappa shape index (κ1) is 20.3. The van der Waals surface area contributed by atoms with Gasteiger partial charge in [0.2, 0.25) is 0 Å². The van der Waals surface area contributed by atoms with E-state index in [2.05, 4.69) is 15.5 Å². The minimum atomic E-state index is -0.372. The number of benzene rings is 2. The van der Waals surface area contributed by atoms with Crippen molar-refractivity contribution < 1.29 is 4.79 Å². The molecule has 0 atom stereocenters. The van der Waals surface area contributed by atoms with Gasteiger partial charge >= 0.3 is 11.7 Å². The minimum absolute atomic E-state index is 0.0277. The van der Waals surface area contributed by atoms with Crippen molar-refractivity contribution in [3.8, 4) is 0 Å². The lowest BCUT2D eigenvalue weighted by molar-refractivity contribution is 0.262. The van der Waals surface area contributed by atoms with Crippen LogP contribution in [0.15, 0.2) is 41.2 Å². The Hall–Kier alpha value is -2.93. The molecule has 1 aromatic heterocycles. The lowest BCUT2D eigenvalue weighted by Crippen LogP contribution is -2.24. The lowest BCUT2D eigenvalue weighted by atomic mass is 10.2. The number of urea groups is 1. The van der Waals surface area contributed by atoms with Crippen LogP contribution in [0.3, 0.4) is 0 Å². The number of anilines is 3. The number of aryl methyl sites for hydroxylation is 2. The molecule has 0 radical (unpaired) electrons. The summed E-state index contributed by atoms with van der Waals surface area (Å²) in [5.74, 6) is 0. The Kier molecular flexibility index (Phi) is 5.72. The molecule has 1 aliphatic rings. The quantitative estimate of drug-likeness (QED) is 0.617. The molecule has 4 rings (SSSR count). The summed E-state index contributed by atoms with van der Waals surface area (Å²) in [6.45, 7) is 6.94. The van der Waals surface area contributed by atoms with Crippen LogP contribution in [0.2, 0.25) is 5.02 Å². The number of hydrogen-bond donors (Lipinski definition) is 2. The Morgan fingerprint density at radius 3 is 2.20 bits per heavy atom. The van der Waals surface area contributed by atoms with Crippen LogP contribution >= 0.6 is 11.6 Å². The van der Waals surface area contributed by atoms with Gasteiger partial charge in [0.15, 0.2) is 0 Å². The summed E-state index contributed by atoms with van der Waals surface area (Å²) in [5, 5.41) is 6.26. The second-order valence-electron chi connectivity index (χ2n) is 7.38. The number of nitrogens with zero attached hydrogens (tertiary/aromatic N) is 3. The van der Waals surface area contributed by atoms with Crippen LogP contribution in [0.25, 0.3) is 11.0 Å². The van der Waals surface area contributed by atoms with E-state index in [9.17, 15) is 9.59 Å². The first-order valence-electron chi connectivity index (χ1n) is 10.4. The fraction of sp³-hybridized carbons (Fsp3) is 0.364. The summed E-state index contributed by atoms with van der Waals surface area (Å²) in [7, 11) is 0. The topological polar surface area (TPSA) is 71.3 Å². The molecule has 8 heteroatoms. The third kappa shape index (κ3) is 3.65. The van der Waals surface area contributed by atoms with E-state index in [0.29, 0.717) is 29.5 Å². The van der Waals surface area contributed by atoms with Gasteiger partial charge in [-0.25, -0.2) is 9.59 Å². The van der Waals surface area contributed by atoms with E-state index in [4.69, 9.17) is 11.6 Å². The molecule has 30 heavy (non-hydrogen) atoms. The number of amides is 2. The summed E-state index contributed by atoms with van der Waals surface area (Å²) in [6.07, 6.45) is 2.22. The second kappa shape index (κ2) is 8.44. The molecule has 1 aliphatic heterocycles. The van der Waals surface area contributed by atoms with Gasteiger partial charge in [-0.3, -0.25) is 9.13 Å². The van der Waals surface area contributed by atoms with Crippen LogP contribution < -0.4 is 21.2 Å². The first-order valence-corrected chi connectivity index (χ1v) is 10.8. The van der Waals surface area contributed by atoms with Crippen molar-refractivity contribution in [2.75, 3.05) is 28.6 Å². The normalized spacial score (nSPS) is 13.8. The molecular formula is C22H26ClN5O2. The van der Waals surface area contributed by atoms with Crippen LogP contribution in [0.1, 0.15) is 26.7 Å². The molecule has 2 heterocycles. The molecule has 0 aliphatic carbocycles. The number of para-hydroxylation sites is 1. The molecule has 0 spiro atoms. The number of fused-ring (bicyclic) bond motifs is 1. The van der Waals surface area contributed by atoms with Gasteiger partial charge in [0.1, 0.15) is 0 Å². The van der Waals surface area contributed by atoms with E-state index in [0.717, 1.165) is 42.7 Å². The zero-order valence-corrected chi connectivity index (χ0v) is 18.0. The van der Waals surface area contributed by atoms with Crippen molar-refractivity contribution >= 4 is 45.7 Å². The van der Waals surface area contributed by atoms with E-state index in [1.54, 1.807) is 21.3 Å². The van der Waals surface area contributed by atoms with Gasteiger partial charge in [0, 0.05) is 26.2 Å². The van der Waals surface area contributed by atoms with E-state index < -0.39 is 0 Å². The van der Waals surface area contributed by atoms with Crippen molar-refractivity contribution in [2.24, 2.45) is 0 Å². The average molecular weight is 428 g/mol. The van der Waals surface area contributed by atoms with E-state index in [-0.39, 0.29) is 11.7 Å². The Balaban J connectivity index is 1.76. The molecule has 0 unspecified atom stereocenters. The molecule has 1 fully saturated rings. The Morgan fingerprint density at radius 1 is 0.967 bits per heavy atom. The van der Waals surface area contributed by atoms with Gasteiger partial charge in [-0.15, -0.1) is 0 Å². The van der Waals surface area contributed by atoms with Crippen molar-refractivity contribution in [1.82, 2.24) is 9.13 Å². The maximum Gasteiger partial charge on any atom is 0.329 e. The largest absolute Gasteiger partial charge is 0.370 e. The SMILES string of the molecule is CCn1c(=O)n(CC)c2cc(N3CCCC3)c(NC(=O)Nc3ccccc3Cl)cc21. The number of hydrogen-bond acceptors (Lipinski definition) is 3. The monoisotopic (exact) mass is 427 g/mol. The van der Waals surface area contributed by atoms with Crippen LogP contribution in [0.4, 0.5) is 21.9 Å². The number of carbonyl (C=O) groups is 1. The van der Waals surface area contributed by atoms with Crippen molar-refractivity contribution in [3.05, 3.63) is 51.9 Å². The summed E-state index contributed by atoms with van der Waals surface area (Å²) >= 11 is 6.17. The van der Waals surface area contributed by atoms with Crippen LogP contribution in [0, 0.1) is 0 Å². The van der Waals surface area contributed by atoms with Crippen LogP contribution in [0.5, 0.6) is 0 Å². The molecule has 3 aromatic rings. The van der Waals surface area contributed by atoms with E-state index in [1.165, 1.54) is 0 Å². The van der Waals surface area contributed by atoms with Crippen molar-refractivity contribution in [1.29, 1.82) is 0 Å². The summed E-state index contributed by atoms with van der Waals surface area (Å²) < 4.78 is 3.52. The second-order valence-corrected chi connectivity index (χ2v) is 7.79. The van der Waals surface area contributed by atoms with Gasteiger partial charge in [-0.05, 0) is 51.0 Å². The maximum atomic E-state index is 12.8. The van der Waals surface area contributed by atoms with Crippen molar-refractivity contribution in [3.63, 3.8) is 0 Å². The number of aromatic nitrogens is 2. The number of nitrogens with one attached hydrogen (secondary N) is 2. The minimum Gasteiger partial charge on any atom is -0.370 e. The predicted molar refractivity (Wildman–Crippen MR) is 123 cm³/mol. The third-order valence-electron chi connectivity index (χ3n) is 5.59. The van der Waals surface area contributed by atoms with E-state index in [1.807, 2.05) is 38.1 Å². The molecule has 0 saturated carbocycles. The third-order valence-corrected chi connectivity index (χ3v) is 5.92. The molecule has 2 amide bonds. The molecule has 1 saturated heterocycles. The highest BCUT2D eigenvalue weighted by Crippen LogP contribution is 2.34. The van der Waals surface area contributed by atoms with Gasteiger partial charge in [0.05, 0.1) is 33.1 Å². The highest BCUT2D eigenvalue weighted by molar-refractivity contribution is 6.33. The molecule has 2 aromatic carbocycles. The van der Waals surface area contributed by atoms with Crippen LogP contribution in [-0.2, 0) is 13.1 Å². The average Bonchev–Trinajstić information content (AvgIpc) is 3.34. The Morgan fingerprint density at radius 2 is 1.57 bits per heavy atom. The summed E-state index contributed by atoms with van der Waals surface area (Å²) in [5.41, 5.74) is 3.85. The van der Waals surface area contributed by atoms with Gasteiger partial charge in [-0.2, -0.15) is 0 Å². The highest BCUT2D eigenvalue weighted by atomic mass is 35.5. The van der Waals surface area contributed by atoms with Gasteiger partial charge in [-0.1, -0.05) is 23.7 Å². The number of rotatable bonds is 5. The standard InChI is InChI=1S/C22H26ClN5O2/c1-3-27-19-13-17(25-21(29)24-16-10-6-5-9-15(16)23)18(26-11-7-8-12-26)14-20(19)28(4-2)22(27)30/h5-6,9-10,13-14H,3-4,7-8,11-12H2,1-2H3,(H2,24,25,29).